The summed E-state index contributed by atoms with van der Waals surface area (Å²) in [4.78, 5) is 22.5. The summed E-state index contributed by atoms with van der Waals surface area (Å²) < 4.78 is 0.864. The predicted molar refractivity (Wildman–Crippen MR) is 73.0 cm³/mol. The third-order valence-electron chi connectivity index (χ3n) is 2.44. The lowest BCUT2D eigenvalue weighted by atomic mass is 10.1. The molecule has 0 saturated heterocycles. The molecule has 1 aromatic carbocycles. The summed E-state index contributed by atoms with van der Waals surface area (Å²) in [6.45, 7) is 3.56. The Balaban J connectivity index is 2.74. The van der Waals surface area contributed by atoms with Gasteiger partial charge in [-0.2, -0.15) is 0 Å². The lowest BCUT2D eigenvalue weighted by Crippen LogP contribution is -2.32. The summed E-state index contributed by atoms with van der Waals surface area (Å²) in [5, 5.41) is 11.4. The quantitative estimate of drug-likeness (QED) is 0.820. The lowest BCUT2D eigenvalue weighted by Gasteiger charge is -2.11. The molecular formula is C12H14INO3. The first-order valence-electron chi connectivity index (χ1n) is 5.19. The van der Waals surface area contributed by atoms with Gasteiger partial charge in [0.15, 0.2) is 0 Å². The van der Waals surface area contributed by atoms with Crippen LogP contribution < -0.4 is 5.32 Å². The number of aliphatic carboxylic acids is 1. The molecule has 5 heteroatoms. The van der Waals surface area contributed by atoms with Crippen LogP contribution in [-0.4, -0.2) is 23.5 Å². The second-order valence-electron chi connectivity index (χ2n) is 3.88. The fourth-order valence-corrected chi connectivity index (χ4v) is 2.22. The van der Waals surface area contributed by atoms with E-state index in [0.29, 0.717) is 5.56 Å². The van der Waals surface area contributed by atoms with Crippen molar-refractivity contribution in [2.45, 2.75) is 13.8 Å². The maximum Gasteiger partial charge on any atom is 0.308 e. The molecule has 2 N–H and O–H groups in total. The van der Waals surface area contributed by atoms with Crippen LogP contribution in [0, 0.1) is 16.4 Å². The molecule has 0 fully saturated rings. The average molecular weight is 347 g/mol. The third kappa shape index (κ3) is 3.69. The van der Waals surface area contributed by atoms with E-state index in [4.69, 9.17) is 5.11 Å². The average Bonchev–Trinajstić information content (AvgIpc) is 2.25. The van der Waals surface area contributed by atoms with Gasteiger partial charge in [0.25, 0.3) is 5.91 Å². The van der Waals surface area contributed by atoms with Crippen molar-refractivity contribution in [3.05, 3.63) is 32.9 Å². The molecule has 0 bridgehead atoms. The Hall–Kier alpha value is -1.11. The van der Waals surface area contributed by atoms with E-state index in [1.54, 1.807) is 6.92 Å². The van der Waals surface area contributed by atoms with Gasteiger partial charge in [-0.25, -0.2) is 0 Å². The number of carboxylic acids is 1. The van der Waals surface area contributed by atoms with Crippen molar-refractivity contribution in [1.29, 1.82) is 0 Å². The topological polar surface area (TPSA) is 66.4 Å². The maximum atomic E-state index is 11.9. The Morgan fingerprint density at radius 3 is 2.65 bits per heavy atom. The molecule has 1 amide bonds. The Morgan fingerprint density at radius 2 is 2.12 bits per heavy atom. The van der Waals surface area contributed by atoms with E-state index in [-0.39, 0.29) is 12.5 Å². The van der Waals surface area contributed by atoms with E-state index < -0.39 is 11.9 Å². The number of rotatable bonds is 4. The largest absolute Gasteiger partial charge is 0.481 e. The lowest BCUT2D eigenvalue weighted by molar-refractivity contribution is -0.140. The van der Waals surface area contributed by atoms with Crippen LogP contribution in [0.4, 0.5) is 0 Å². The molecule has 1 aromatic rings. The van der Waals surface area contributed by atoms with Gasteiger partial charge in [0.1, 0.15) is 0 Å². The number of carbonyl (C=O) groups excluding carboxylic acids is 1. The van der Waals surface area contributed by atoms with Crippen molar-refractivity contribution in [2.24, 2.45) is 5.92 Å². The fourth-order valence-electron chi connectivity index (χ4n) is 1.34. The first-order valence-corrected chi connectivity index (χ1v) is 6.27. The van der Waals surface area contributed by atoms with Crippen LogP contribution in [0.15, 0.2) is 18.2 Å². The molecule has 0 saturated carbocycles. The van der Waals surface area contributed by atoms with Crippen molar-refractivity contribution >= 4 is 34.5 Å². The molecule has 0 aromatic heterocycles. The predicted octanol–water partition coefficient (Wildman–Crippen LogP) is 2.05. The molecular weight excluding hydrogens is 333 g/mol. The monoisotopic (exact) mass is 347 g/mol. The smallest absolute Gasteiger partial charge is 0.308 e. The van der Waals surface area contributed by atoms with Gasteiger partial charge < -0.3 is 10.4 Å². The van der Waals surface area contributed by atoms with Gasteiger partial charge in [0, 0.05) is 10.1 Å². The molecule has 17 heavy (non-hydrogen) atoms. The molecule has 0 heterocycles. The second kappa shape index (κ2) is 6.00. The highest BCUT2D eigenvalue weighted by Gasteiger charge is 2.16. The van der Waals surface area contributed by atoms with Gasteiger partial charge in [0.05, 0.1) is 11.5 Å². The molecule has 0 aliphatic carbocycles. The standard InChI is InChI=1S/C12H14INO3/c1-7-4-3-5-9(13)10(7)11(15)14-6-8(2)12(16)17/h3-5,8H,6H2,1-2H3,(H,14,15)(H,16,17). The second-order valence-corrected chi connectivity index (χ2v) is 5.04. The number of nitrogens with one attached hydrogen (secondary N) is 1. The van der Waals surface area contributed by atoms with E-state index in [9.17, 15) is 9.59 Å². The number of hydrogen-bond donors (Lipinski definition) is 2. The zero-order valence-electron chi connectivity index (χ0n) is 9.66. The van der Waals surface area contributed by atoms with E-state index in [0.717, 1.165) is 9.13 Å². The van der Waals surface area contributed by atoms with Gasteiger partial charge in [0.2, 0.25) is 0 Å². The number of halogens is 1. The van der Waals surface area contributed by atoms with Crippen LogP contribution in [0.1, 0.15) is 22.8 Å². The summed E-state index contributed by atoms with van der Waals surface area (Å²) >= 11 is 2.09. The molecule has 0 aliphatic heterocycles. The minimum Gasteiger partial charge on any atom is -0.481 e. The van der Waals surface area contributed by atoms with Gasteiger partial charge in [-0.1, -0.05) is 19.1 Å². The van der Waals surface area contributed by atoms with Gasteiger partial charge >= 0.3 is 5.97 Å². The van der Waals surface area contributed by atoms with Crippen LogP contribution in [-0.2, 0) is 4.79 Å². The van der Waals surface area contributed by atoms with Crippen LogP contribution in [0.2, 0.25) is 0 Å². The highest BCUT2D eigenvalue weighted by Crippen LogP contribution is 2.16. The minimum absolute atomic E-state index is 0.137. The SMILES string of the molecule is Cc1cccc(I)c1C(=O)NCC(C)C(=O)O. The molecule has 92 valence electrons. The van der Waals surface area contributed by atoms with Crippen LogP contribution in [0.25, 0.3) is 0 Å². The van der Waals surface area contributed by atoms with Crippen molar-refractivity contribution in [3.8, 4) is 0 Å². The highest BCUT2D eigenvalue weighted by molar-refractivity contribution is 14.1. The van der Waals surface area contributed by atoms with E-state index >= 15 is 0 Å². The van der Waals surface area contributed by atoms with Crippen LogP contribution >= 0.6 is 22.6 Å². The molecule has 0 spiro atoms. The summed E-state index contributed by atoms with van der Waals surface area (Å²) in [5.74, 6) is -1.72. The fraction of sp³-hybridized carbons (Fsp3) is 0.333. The Kier molecular flexibility index (Phi) is 4.92. The Morgan fingerprint density at radius 1 is 1.47 bits per heavy atom. The minimum atomic E-state index is -0.912. The molecule has 1 atom stereocenters. The van der Waals surface area contributed by atoms with Crippen LogP contribution in [0.5, 0.6) is 0 Å². The number of carbonyl (C=O) groups is 2. The third-order valence-corrected chi connectivity index (χ3v) is 3.34. The van der Waals surface area contributed by atoms with Crippen molar-refractivity contribution in [3.63, 3.8) is 0 Å². The normalized spacial score (nSPS) is 11.9. The van der Waals surface area contributed by atoms with Crippen molar-refractivity contribution < 1.29 is 14.7 Å². The van der Waals surface area contributed by atoms with Gasteiger partial charge in [-0.15, -0.1) is 0 Å². The molecule has 0 aliphatic rings. The summed E-state index contributed by atoms with van der Waals surface area (Å²) in [6, 6.07) is 5.59. The highest BCUT2D eigenvalue weighted by atomic mass is 127. The van der Waals surface area contributed by atoms with Crippen LogP contribution in [0.3, 0.4) is 0 Å². The van der Waals surface area contributed by atoms with E-state index in [1.807, 2.05) is 25.1 Å². The molecule has 4 nitrogen and oxygen atoms in total. The number of hydrogen-bond acceptors (Lipinski definition) is 2. The van der Waals surface area contributed by atoms with Gasteiger partial charge in [-0.05, 0) is 41.1 Å². The maximum absolute atomic E-state index is 11.9. The zero-order valence-corrected chi connectivity index (χ0v) is 11.8. The summed E-state index contributed by atoms with van der Waals surface area (Å²) in [5.41, 5.74) is 1.50. The first-order chi connectivity index (χ1) is 7.93. The number of carboxylic acid groups (broad SMARTS) is 1. The Labute approximate surface area is 114 Å². The summed E-state index contributed by atoms with van der Waals surface area (Å²) in [6.07, 6.45) is 0. The molecule has 1 rings (SSSR count). The van der Waals surface area contributed by atoms with E-state index in [1.165, 1.54) is 0 Å². The van der Waals surface area contributed by atoms with Gasteiger partial charge in [-0.3, -0.25) is 9.59 Å². The number of amides is 1. The summed E-state index contributed by atoms with van der Waals surface area (Å²) in [7, 11) is 0. The van der Waals surface area contributed by atoms with Crippen molar-refractivity contribution in [2.75, 3.05) is 6.54 Å². The number of benzene rings is 1. The first kappa shape index (κ1) is 14.0. The van der Waals surface area contributed by atoms with Crippen molar-refractivity contribution in [1.82, 2.24) is 5.32 Å². The molecule has 0 radical (unpaired) electrons. The number of aryl methyl sites for hydroxylation is 1. The zero-order chi connectivity index (χ0) is 13.0. The molecule has 1 unspecified atom stereocenters. The Bertz CT molecular complexity index is 425. The van der Waals surface area contributed by atoms with E-state index in [2.05, 4.69) is 27.9 Å².